The molecule has 0 aliphatic carbocycles. The molecule has 3 aliphatic heterocycles. The SMILES string of the molecule is CCC(OC(=O)c1ccccc1)C(C)C1OC1CC(C)C=CC=C(C)C1OC(=O)CC(O)CCC(C)(O)C(OC(=O)N2CCN(C)CC2)C=CC1C. The predicted molar refractivity (Wildman–Crippen MR) is 198 cm³/mol. The van der Waals surface area contributed by atoms with Gasteiger partial charge in [-0.05, 0) is 76.3 Å². The van der Waals surface area contributed by atoms with Crippen LogP contribution in [0.25, 0.3) is 0 Å². The molecule has 2 fully saturated rings. The molecule has 3 aliphatic rings. The summed E-state index contributed by atoms with van der Waals surface area (Å²) in [5.41, 5.74) is -0.121. The fourth-order valence-electron chi connectivity index (χ4n) is 6.92. The van der Waals surface area contributed by atoms with Crippen molar-refractivity contribution in [2.75, 3.05) is 33.2 Å². The maximum Gasteiger partial charge on any atom is 0.410 e. The second kappa shape index (κ2) is 19.0. The number of allylic oxidation sites excluding steroid dienone is 3. The second-order valence-corrected chi connectivity index (χ2v) is 15.2. The number of aliphatic hydroxyl groups is 2. The predicted octanol–water partition coefficient (Wildman–Crippen LogP) is 5.71. The van der Waals surface area contributed by atoms with Gasteiger partial charge >= 0.3 is 18.0 Å². The van der Waals surface area contributed by atoms with Crippen molar-refractivity contribution in [2.24, 2.45) is 17.8 Å². The third kappa shape index (κ3) is 12.0. The molecule has 10 unspecified atom stereocenters. The van der Waals surface area contributed by atoms with Gasteiger partial charge in [-0.3, -0.25) is 4.79 Å². The van der Waals surface area contributed by atoms with Gasteiger partial charge in [0.1, 0.15) is 17.8 Å². The molecule has 52 heavy (non-hydrogen) atoms. The minimum atomic E-state index is -1.46. The lowest BCUT2D eigenvalue weighted by atomic mass is 9.88. The molecule has 11 nitrogen and oxygen atoms in total. The number of piperazine rings is 1. The highest BCUT2D eigenvalue weighted by Crippen LogP contribution is 2.37. The zero-order valence-electron chi connectivity index (χ0n) is 32.0. The topological polar surface area (TPSA) is 138 Å². The number of carbonyl (C=O) groups excluding carboxylic acids is 3. The standard InChI is InChI=1S/C41H60N2O9/c1-8-33(50-39(46)31-15-10-9-11-16-31)30(5)38-34(49-38)25-27(2)13-12-14-28(3)37-29(4)17-18-35(51-40(47)43-23-21-42(7)22-24-43)41(6,48)20-19-32(44)26-36(45)52-37/h9-18,27,29-30,32-35,37-38,44,48H,8,19-26H2,1-7H3. The van der Waals surface area contributed by atoms with Crippen LogP contribution < -0.4 is 0 Å². The van der Waals surface area contributed by atoms with E-state index in [2.05, 4.69) is 24.8 Å². The van der Waals surface area contributed by atoms with Crippen molar-refractivity contribution < 1.29 is 43.5 Å². The van der Waals surface area contributed by atoms with E-state index in [0.717, 1.165) is 25.1 Å². The van der Waals surface area contributed by atoms with Crippen molar-refractivity contribution in [1.82, 2.24) is 9.80 Å². The number of aliphatic hydroxyl groups excluding tert-OH is 1. The highest BCUT2D eigenvalue weighted by Gasteiger charge is 2.46. The van der Waals surface area contributed by atoms with Crippen LogP contribution >= 0.6 is 0 Å². The first kappa shape index (κ1) is 41.2. The Morgan fingerprint density at radius 2 is 1.81 bits per heavy atom. The summed E-state index contributed by atoms with van der Waals surface area (Å²) in [6.45, 7) is 14.1. The zero-order valence-corrected chi connectivity index (χ0v) is 32.0. The van der Waals surface area contributed by atoms with Gasteiger partial charge in [0.25, 0.3) is 0 Å². The van der Waals surface area contributed by atoms with Gasteiger partial charge in [0, 0.05) is 38.0 Å². The van der Waals surface area contributed by atoms with E-state index in [1.54, 1.807) is 30.0 Å². The third-order valence-electron chi connectivity index (χ3n) is 10.6. The number of nitrogens with zero attached hydrogens (tertiary/aromatic N) is 2. The Morgan fingerprint density at radius 3 is 2.48 bits per heavy atom. The first-order valence-corrected chi connectivity index (χ1v) is 18.9. The highest BCUT2D eigenvalue weighted by atomic mass is 16.6. The van der Waals surface area contributed by atoms with Crippen LogP contribution in [0.1, 0.15) is 84.0 Å². The van der Waals surface area contributed by atoms with E-state index in [0.29, 0.717) is 25.1 Å². The Bertz CT molecular complexity index is 1420. The van der Waals surface area contributed by atoms with E-state index in [1.165, 1.54) is 0 Å². The Kier molecular flexibility index (Phi) is 15.1. The number of rotatable bonds is 11. The van der Waals surface area contributed by atoms with Gasteiger partial charge in [0.2, 0.25) is 0 Å². The van der Waals surface area contributed by atoms with Crippen molar-refractivity contribution in [3.8, 4) is 0 Å². The molecule has 1 amide bonds. The first-order chi connectivity index (χ1) is 24.7. The van der Waals surface area contributed by atoms with Crippen molar-refractivity contribution in [2.45, 2.75) is 116 Å². The molecule has 10 atom stereocenters. The Hall–Kier alpha value is -3.51. The van der Waals surface area contributed by atoms with Gasteiger partial charge in [-0.25, -0.2) is 9.59 Å². The fraction of sp³-hybridized carbons (Fsp3) is 0.634. The van der Waals surface area contributed by atoms with E-state index in [4.69, 9.17) is 18.9 Å². The highest BCUT2D eigenvalue weighted by molar-refractivity contribution is 5.89. The number of epoxide rings is 1. The lowest BCUT2D eigenvalue weighted by molar-refractivity contribution is -0.151. The normalized spacial score (nSPS) is 31.1. The van der Waals surface area contributed by atoms with Crippen LogP contribution in [0.5, 0.6) is 0 Å². The molecule has 2 N–H and O–H groups in total. The summed E-state index contributed by atoms with van der Waals surface area (Å²) in [4.78, 5) is 42.4. The maximum atomic E-state index is 13.1. The number of carbonyl (C=O) groups is 3. The van der Waals surface area contributed by atoms with Crippen LogP contribution in [0.3, 0.4) is 0 Å². The minimum Gasteiger partial charge on any atom is -0.458 e. The summed E-state index contributed by atoms with van der Waals surface area (Å²) in [7, 11) is 2.00. The smallest absolute Gasteiger partial charge is 0.410 e. The monoisotopic (exact) mass is 724 g/mol. The van der Waals surface area contributed by atoms with Crippen LogP contribution in [-0.2, 0) is 23.7 Å². The van der Waals surface area contributed by atoms with E-state index in [1.807, 2.05) is 64.2 Å². The molecular weight excluding hydrogens is 664 g/mol. The Labute approximate surface area is 309 Å². The molecule has 288 valence electrons. The Morgan fingerprint density at radius 1 is 1.12 bits per heavy atom. The van der Waals surface area contributed by atoms with Crippen LogP contribution in [0.4, 0.5) is 4.79 Å². The second-order valence-electron chi connectivity index (χ2n) is 15.2. The van der Waals surface area contributed by atoms with E-state index >= 15 is 0 Å². The lowest BCUT2D eigenvalue weighted by Crippen LogP contribution is -2.50. The molecule has 2 saturated heterocycles. The quantitative estimate of drug-likeness (QED) is 0.0961. The zero-order chi connectivity index (χ0) is 38.0. The van der Waals surface area contributed by atoms with Crippen molar-refractivity contribution in [1.29, 1.82) is 0 Å². The van der Waals surface area contributed by atoms with E-state index in [-0.39, 0.29) is 61.3 Å². The largest absolute Gasteiger partial charge is 0.458 e. The number of amides is 1. The van der Waals surface area contributed by atoms with Gasteiger partial charge in [0.05, 0.1) is 30.3 Å². The van der Waals surface area contributed by atoms with Gasteiger partial charge < -0.3 is 39.0 Å². The molecule has 0 saturated carbocycles. The van der Waals surface area contributed by atoms with Gasteiger partial charge in [-0.15, -0.1) is 0 Å². The van der Waals surface area contributed by atoms with Crippen LogP contribution in [0.2, 0.25) is 0 Å². The number of benzene rings is 1. The number of esters is 2. The van der Waals surface area contributed by atoms with Gasteiger partial charge in [-0.1, -0.05) is 70.2 Å². The molecule has 0 spiro atoms. The molecule has 11 heteroatoms. The summed E-state index contributed by atoms with van der Waals surface area (Å²) in [5, 5.41) is 22.1. The van der Waals surface area contributed by atoms with Crippen molar-refractivity contribution in [3.63, 3.8) is 0 Å². The van der Waals surface area contributed by atoms with E-state index in [9.17, 15) is 24.6 Å². The molecule has 1 aromatic rings. The van der Waals surface area contributed by atoms with Crippen molar-refractivity contribution >= 4 is 18.0 Å². The van der Waals surface area contributed by atoms with Gasteiger partial charge in [-0.2, -0.15) is 0 Å². The summed E-state index contributed by atoms with van der Waals surface area (Å²) >= 11 is 0. The molecule has 3 heterocycles. The maximum absolute atomic E-state index is 13.1. The number of ether oxygens (including phenoxy) is 4. The first-order valence-electron chi connectivity index (χ1n) is 18.9. The molecular formula is C41H60N2O9. The molecule has 4 rings (SSSR count). The lowest BCUT2D eigenvalue weighted by Gasteiger charge is -2.36. The summed E-state index contributed by atoms with van der Waals surface area (Å²) < 4.78 is 23.7. The summed E-state index contributed by atoms with van der Waals surface area (Å²) in [6, 6.07) is 9.02. The molecule has 1 aromatic carbocycles. The average molecular weight is 725 g/mol. The van der Waals surface area contributed by atoms with E-state index < -0.39 is 36.0 Å². The van der Waals surface area contributed by atoms with Crippen molar-refractivity contribution in [3.05, 3.63) is 71.8 Å². The number of hydrogen-bond acceptors (Lipinski definition) is 10. The summed E-state index contributed by atoms with van der Waals surface area (Å²) in [6.07, 6.45) is 7.77. The Balaban J connectivity index is 1.37. The van der Waals surface area contributed by atoms with Crippen LogP contribution in [0, 0.1) is 17.8 Å². The third-order valence-corrected chi connectivity index (χ3v) is 10.6. The van der Waals surface area contributed by atoms with Crippen LogP contribution in [0.15, 0.2) is 66.3 Å². The molecule has 0 bridgehead atoms. The van der Waals surface area contributed by atoms with Gasteiger partial charge in [0.15, 0.2) is 6.10 Å². The molecule has 0 radical (unpaired) electrons. The number of cyclic esters (lactones) is 1. The summed E-state index contributed by atoms with van der Waals surface area (Å²) in [5.74, 6) is -0.912. The fourth-order valence-corrected chi connectivity index (χ4v) is 6.92. The van der Waals surface area contributed by atoms with Crippen LogP contribution in [-0.4, -0.2) is 113 Å². The number of hydrogen-bond donors (Lipinski definition) is 2. The average Bonchev–Trinajstić information content (AvgIpc) is 3.88. The number of likely N-dealkylation sites (N-methyl/N-ethyl adjacent to an activating group) is 1. The molecule has 0 aromatic heterocycles. The minimum absolute atomic E-state index is 0.0192.